The molecule has 0 saturated carbocycles. The summed E-state index contributed by atoms with van der Waals surface area (Å²) in [5.41, 5.74) is 0.183. The topological polar surface area (TPSA) is 34.1 Å². The summed E-state index contributed by atoms with van der Waals surface area (Å²) in [5, 5.41) is 0. The van der Waals surface area contributed by atoms with Gasteiger partial charge < -0.3 is 0 Å². The zero-order valence-corrected chi connectivity index (χ0v) is 10.9. The van der Waals surface area contributed by atoms with Crippen LogP contribution in [0.1, 0.15) is 10.4 Å². The molecule has 0 saturated heterocycles. The number of halogens is 3. The van der Waals surface area contributed by atoms with Crippen molar-refractivity contribution in [2.24, 2.45) is 0 Å². The van der Waals surface area contributed by atoms with Gasteiger partial charge in [-0.25, -0.2) is 13.2 Å². The first kappa shape index (κ1) is 14.5. The molecule has 104 valence electrons. The zero-order valence-electron chi connectivity index (χ0n) is 10.1. The molecule has 2 nitrogen and oxygen atoms in total. The van der Waals surface area contributed by atoms with Crippen LogP contribution in [0.2, 0.25) is 0 Å². The Bertz CT molecular complexity index is 669. The molecule has 0 aliphatic carbocycles. The van der Waals surface area contributed by atoms with Crippen LogP contribution in [0.25, 0.3) is 0 Å². The van der Waals surface area contributed by atoms with E-state index in [1.165, 1.54) is 12.1 Å². The Morgan fingerprint density at radius 3 is 2.15 bits per heavy atom. The molecule has 2 aromatic carbocycles. The van der Waals surface area contributed by atoms with Crippen LogP contribution in [0.4, 0.5) is 13.2 Å². The quantitative estimate of drug-likeness (QED) is 0.813. The molecular weight excluding hydrogens is 289 g/mol. The Hall–Kier alpha value is -1.95. The van der Waals surface area contributed by atoms with Crippen LogP contribution in [0.3, 0.4) is 0 Å². The predicted molar refractivity (Wildman–Crippen MR) is 68.4 cm³/mol. The normalized spacial score (nSPS) is 12.2. The minimum atomic E-state index is -1.92. The van der Waals surface area contributed by atoms with Crippen LogP contribution in [0, 0.1) is 17.5 Å². The Morgan fingerprint density at radius 1 is 0.950 bits per heavy atom. The van der Waals surface area contributed by atoms with E-state index in [2.05, 4.69) is 0 Å². The smallest absolute Gasteiger partial charge is 0.175 e. The third kappa shape index (κ3) is 3.33. The lowest BCUT2D eigenvalue weighted by Gasteiger charge is -2.04. The van der Waals surface area contributed by atoms with Gasteiger partial charge in [0.05, 0.1) is 21.4 Å². The molecule has 0 radical (unpaired) electrons. The maximum Gasteiger partial charge on any atom is 0.175 e. The molecule has 0 aliphatic heterocycles. The van der Waals surface area contributed by atoms with Gasteiger partial charge in [0.25, 0.3) is 0 Å². The number of rotatable bonds is 4. The van der Waals surface area contributed by atoms with Gasteiger partial charge in [0.1, 0.15) is 17.5 Å². The molecule has 2 aromatic rings. The molecule has 0 bridgehead atoms. The van der Waals surface area contributed by atoms with Gasteiger partial charge in [0, 0.05) is 11.6 Å². The van der Waals surface area contributed by atoms with Crippen LogP contribution in [-0.4, -0.2) is 15.7 Å². The fourth-order valence-corrected chi connectivity index (χ4v) is 2.63. The molecule has 2 rings (SSSR count). The molecule has 20 heavy (non-hydrogen) atoms. The molecular formula is C14H9F3O2S. The van der Waals surface area contributed by atoms with E-state index in [-0.39, 0.29) is 10.5 Å². The number of hydrogen-bond donors (Lipinski definition) is 0. The van der Waals surface area contributed by atoms with Crippen molar-refractivity contribution in [2.75, 3.05) is 5.75 Å². The second-order valence-electron chi connectivity index (χ2n) is 3.99. The summed E-state index contributed by atoms with van der Waals surface area (Å²) in [6, 6.07) is 7.35. The van der Waals surface area contributed by atoms with Crippen molar-refractivity contribution in [3.63, 3.8) is 0 Å². The molecule has 6 heteroatoms. The average Bonchev–Trinajstić information content (AvgIpc) is 2.39. The van der Waals surface area contributed by atoms with Crippen molar-refractivity contribution in [1.82, 2.24) is 0 Å². The number of ketones is 1. The highest BCUT2D eigenvalue weighted by Crippen LogP contribution is 2.15. The summed E-state index contributed by atoms with van der Waals surface area (Å²) < 4.78 is 50.7. The number of carbonyl (C=O) groups is 1. The zero-order chi connectivity index (χ0) is 14.7. The van der Waals surface area contributed by atoms with E-state index < -0.39 is 39.8 Å². The van der Waals surface area contributed by atoms with Gasteiger partial charge in [-0.15, -0.1) is 0 Å². The van der Waals surface area contributed by atoms with Crippen LogP contribution in [0.15, 0.2) is 47.4 Å². The van der Waals surface area contributed by atoms with Gasteiger partial charge in [0.15, 0.2) is 5.78 Å². The summed E-state index contributed by atoms with van der Waals surface area (Å²) in [5.74, 6) is -3.20. The molecule has 1 atom stereocenters. The lowest BCUT2D eigenvalue weighted by atomic mass is 10.1. The monoisotopic (exact) mass is 298 g/mol. The van der Waals surface area contributed by atoms with Crippen molar-refractivity contribution in [3.8, 4) is 0 Å². The predicted octanol–water partition coefficient (Wildman–Crippen LogP) is 3.09. The standard InChI is InChI=1S/C14H9F3O2S/c15-10-3-1-9(2-4-10)13(18)8-20(19)14-6-5-11(16)7-12(14)17/h1-7H,8H2. The van der Waals surface area contributed by atoms with Gasteiger partial charge in [-0.2, -0.15) is 0 Å². The van der Waals surface area contributed by atoms with E-state index in [0.717, 1.165) is 24.3 Å². The van der Waals surface area contributed by atoms with Crippen LogP contribution in [-0.2, 0) is 10.8 Å². The maximum absolute atomic E-state index is 13.4. The SMILES string of the molecule is O=C(CS(=O)c1ccc(F)cc1F)c1ccc(F)cc1. The van der Waals surface area contributed by atoms with Crippen molar-refractivity contribution < 1.29 is 22.2 Å². The average molecular weight is 298 g/mol. The lowest BCUT2D eigenvalue weighted by molar-refractivity contribution is 0.102. The molecule has 0 aromatic heterocycles. The van der Waals surface area contributed by atoms with Gasteiger partial charge in [-0.1, -0.05) is 0 Å². The lowest BCUT2D eigenvalue weighted by Crippen LogP contribution is -2.12. The highest BCUT2D eigenvalue weighted by Gasteiger charge is 2.16. The van der Waals surface area contributed by atoms with E-state index in [9.17, 15) is 22.2 Å². The van der Waals surface area contributed by atoms with Gasteiger partial charge >= 0.3 is 0 Å². The van der Waals surface area contributed by atoms with E-state index >= 15 is 0 Å². The summed E-state index contributed by atoms with van der Waals surface area (Å²) in [6.45, 7) is 0. The van der Waals surface area contributed by atoms with Crippen LogP contribution in [0.5, 0.6) is 0 Å². The van der Waals surface area contributed by atoms with Crippen molar-refractivity contribution in [2.45, 2.75) is 4.90 Å². The summed E-state index contributed by atoms with van der Waals surface area (Å²) >= 11 is 0. The number of carbonyl (C=O) groups excluding carboxylic acids is 1. The first-order chi connectivity index (χ1) is 9.47. The molecule has 0 amide bonds. The molecule has 0 spiro atoms. The van der Waals surface area contributed by atoms with E-state index in [4.69, 9.17) is 0 Å². The highest BCUT2D eigenvalue weighted by molar-refractivity contribution is 7.85. The minimum Gasteiger partial charge on any atom is -0.293 e. The molecule has 0 heterocycles. The second-order valence-corrected chi connectivity index (χ2v) is 5.41. The Morgan fingerprint density at radius 2 is 1.55 bits per heavy atom. The molecule has 0 N–H and O–H groups in total. The van der Waals surface area contributed by atoms with Crippen LogP contribution >= 0.6 is 0 Å². The minimum absolute atomic E-state index is 0.183. The van der Waals surface area contributed by atoms with Gasteiger partial charge in [-0.3, -0.25) is 9.00 Å². The Balaban J connectivity index is 2.15. The number of benzene rings is 2. The van der Waals surface area contributed by atoms with Crippen molar-refractivity contribution in [1.29, 1.82) is 0 Å². The van der Waals surface area contributed by atoms with E-state index in [1.54, 1.807) is 0 Å². The van der Waals surface area contributed by atoms with E-state index in [1.807, 2.05) is 0 Å². The number of Topliss-reactive ketones (excluding diaryl/α,β-unsaturated/α-hetero) is 1. The molecule has 1 unspecified atom stereocenters. The largest absolute Gasteiger partial charge is 0.293 e. The first-order valence-corrected chi connectivity index (χ1v) is 6.91. The fourth-order valence-electron chi connectivity index (χ4n) is 1.58. The van der Waals surface area contributed by atoms with Gasteiger partial charge in [-0.05, 0) is 36.4 Å². The molecule has 0 aliphatic rings. The van der Waals surface area contributed by atoms with Crippen molar-refractivity contribution >= 4 is 16.6 Å². The summed E-state index contributed by atoms with van der Waals surface area (Å²) in [6.07, 6.45) is 0. The third-order valence-electron chi connectivity index (χ3n) is 2.57. The second kappa shape index (κ2) is 6.00. The first-order valence-electron chi connectivity index (χ1n) is 5.59. The Labute approximate surface area is 115 Å². The Kier molecular flexibility index (Phi) is 4.34. The highest BCUT2D eigenvalue weighted by atomic mass is 32.2. The van der Waals surface area contributed by atoms with Crippen LogP contribution < -0.4 is 0 Å². The third-order valence-corrected chi connectivity index (χ3v) is 3.91. The molecule has 0 fully saturated rings. The summed E-state index contributed by atoms with van der Waals surface area (Å²) in [4.78, 5) is 11.6. The summed E-state index contributed by atoms with van der Waals surface area (Å²) in [7, 11) is -1.92. The van der Waals surface area contributed by atoms with Gasteiger partial charge in [0.2, 0.25) is 0 Å². The van der Waals surface area contributed by atoms with Crippen molar-refractivity contribution in [3.05, 3.63) is 65.5 Å². The fraction of sp³-hybridized carbons (Fsp3) is 0.0714. The maximum atomic E-state index is 13.4. The number of hydrogen-bond acceptors (Lipinski definition) is 2. The van der Waals surface area contributed by atoms with E-state index in [0.29, 0.717) is 6.07 Å².